The fourth-order valence-corrected chi connectivity index (χ4v) is 2.22. The summed E-state index contributed by atoms with van der Waals surface area (Å²) in [5.74, 6) is -1.64. The van der Waals surface area contributed by atoms with Crippen molar-refractivity contribution in [2.75, 3.05) is 20.7 Å². The van der Waals surface area contributed by atoms with Crippen LogP contribution < -0.4 is 5.73 Å². The van der Waals surface area contributed by atoms with Crippen LogP contribution in [0.2, 0.25) is 0 Å². The van der Waals surface area contributed by atoms with Gasteiger partial charge in [0, 0.05) is 26.9 Å². The molecule has 134 valence electrons. The zero-order valence-corrected chi connectivity index (χ0v) is 14.6. The van der Waals surface area contributed by atoms with Crippen molar-refractivity contribution in [2.45, 2.75) is 57.7 Å². The van der Waals surface area contributed by atoms with E-state index in [0.717, 1.165) is 4.90 Å². The van der Waals surface area contributed by atoms with Crippen LogP contribution >= 0.6 is 0 Å². The summed E-state index contributed by atoms with van der Waals surface area (Å²) in [4.78, 5) is 38.3. The third kappa shape index (κ3) is 6.54. The highest BCUT2D eigenvalue weighted by atomic mass is 16.3. The maximum Gasteiger partial charge on any atom is 0.248 e. The molecule has 0 radical (unpaired) electrons. The molecule has 8 heteroatoms. The number of aliphatic hydroxyl groups excluding tert-OH is 1. The Labute approximate surface area is 137 Å². The van der Waals surface area contributed by atoms with Crippen LogP contribution in [0, 0.1) is 0 Å². The second-order valence-electron chi connectivity index (χ2n) is 6.34. The van der Waals surface area contributed by atoms with E-state index in [4.69, 9.17) is 5.73 Å². The van der Waals surface area contributed by atoms with E-state index in [1.54, 1.807) is 0 Å². The number of amides is 3. The summed E-state index contributed by atoms with van der Waals surface area (Å²) in [5, 5.41) is 19.4. The number of rotatable bonds is 9. The minimum atomic E-state index is -1.20. The first-order chi connectivity index (χ1) is 10.5. The molecule has 3 amide bonds. The SMILES string of the molecule is CCCC(=O)N(C)[C@H](CO)C(=O)N(C)[C@@H](CC(C)(C)O)C(N)=O. The standard InChI is InChI=1S/C15H29N3O5/c1-6-7-12(20)17(4)11(9-19)14(22)18(5)10(13(16)21)8-15(2,3)23/h10-11,19,23H,6-9H2,1-5H3,(H2,16,21)/t10-,11+/m0/s1. The molecule has 0 saturated heterocycles. The Hall–Kier alpha value is -1.67. The van der Waals surface area contributed by atoms with E-state index in [2.05, 4.69) is 0 Å². The van der Waals surface area contributed by atoms with E-state index >= 15 is 0 Å². The van der Waals surface area contributed by atoms with Gasteiger partial charge in [0.2, 0.25) is 17.7 Å². The highest BCUT2D eigenvalue weighted by molar-refractivity contribution is 5.91. The maximum absolute atomic E-state index is 12.5. The number of carbonyl (C=O) groups excluding carboxylic acids is 3. The van der Waals surface area contributed by atoms with E-state index in [1.165, 1.54) is 32.8 Å². The normalized spacial score (nSPS) is 14.0. The summed E-state index contributed by atoms with van der Waals surface area (Å²) in [6.07, 6.45) is 0.830. The second kappa shape index (κ2) is 8.83. The number of aliphatic hydroxyl groups is 2. The molecular formula is C15H29N3O5. The topological polar surface area (TPSA) is 124 Å². The van der Waals surface area contributed by atoms with Crippen LogP contribution in [0.25, 0.3) is 0 Å². The highest BCUT2D eigenvalue weighted by Gasteiger charge is 2.35. The molecule has 0 spiro atoms. The Morgan fingerprint density at radius 3 is 2.00 bits per heavy atom. The Balaban J connectivity index is 5.26. The fraction of sp³-hybridized carbons (Fsp3) is 0.800. The van der Waals surface area contributed by atoms with Gasteiger partial charge >= 0.3 is 0 Å². The first-order valence-electron chi connectivity index (χ1n) is 7.61. The molecule has 4 N–H and O–H groups in total. The van der Waals surface area contributed by atoms with Crippen LogP contribution in [-0.4, -0.2) is 76.1 Å². The van der Waals surface area contributed by atoms with Crippen LogP contribution in [0.4, 0.5) is 0 Å². The van der Waals surface area contributed by atoms with Gasteiger partial charge in [0.05, 0.1) is 12.2 Å². The number of nitrogens with two attached hydrogens (primary N) is 1. The van der Waals surface area contributed by atoms with Crippen molar-refractivity contribution in [1.29, 1.82) is 0 Å². The van der Waals surface area contributed by atoms with Gasteiger partial charge in [-0.2, -0.15) is 0 Å². The van der Waals surface area contributed by atoms with Crippen LogP contribution in [-0.2, 0) is 14.4 Å². The Morgan fingerprint density at radius 1 is 1.13 bits per heavy atom. The van der Waals surface area contributed by atoms with Crippen molar-refractivity contribution in [1.82, 2.24) is 9.80 Å². The van der Waals surface area contributed by atoms with Crippen molar-refractivity contribution in [3.8, 4) is 0 Å². The number of primary amides is 1. The number of likely N-dealkylation sites (N-methyl/N-ethyl adjacent to an activating group) is 2. The summed E-state index contributed by atoms with van der Waals surface area (Å²) in [6.45, 7) is 4.27. The molecule has 8 nitrogen and oxygen atoms in total. The van der Waals surface area contributed by atoms with Gasteiger partial charge in [-0.1, -0.05) is 6.92 Å². The molecule has 0 bridgehead atoms. The Morgan fingerprint density at radius 2 is 1.65 bits per heavy atom. The molecule has 0 aromatic heterocycles. The van der Waals surface area contributed by atoms with Crippen molar-refractivity contribution in [3.63, 3.8) is 0 Å². The van der Waals surface area contributed by atoms with Crippen molar-refractivity contribution < 1.29 is 24.6 Å². The monoisotopic (exact) mass is 331 g/mol. The quantitative estimate of drug-likeness (QED) is 0.504. The van der Waals surface area contributed by atoms with Crippen molar-refractivity contribution in [3.05, 3.63) is 0 Å². The molecule has 0 aliphatic carbocycles. The van der Waals surface area contributed by atoms with E-state index < -0.39 is 36.1 Å². The fourth-order valence-electron chi connectivity index (χ4n) is 2.22. The van der Waals surface area contributed by atoms with E-state index in [0.29, 0.717) is 6.42 Å². The van der Waals surface area contributed by atoms with Crippen molar-refractivity contribution in [2.24, 2.45) is 5.73 Å². The summed E-state index contributed by atoms with van der Waals surface area (Å²) in [5.41, 5.74) is 4.12. The van der Waals surface area contributed by atoms with Gasteiger partial charge in [0.25, 0.3) is 0 Å². The van der Waals surface area contributed by atoms with Gasteiger partial charge in [-0.3, -0.25) is 14.4 Å². The Kier molecular flexibility index (Phi) is 8.19. The van der Waals surface area contributed by atoms with Gasteiger partial charge in [-0.15, -0.1) is 0 Å². The minimum Gasteiger partial charge on any atom is -0.394 e. The maximum atomic E-state index is 12.5. The van der Waals surface area contributed by atoms with Crippen molar-refractivity contribution >= 4 is 17.7 Å². The number of carbonyl (C=O) groups is 3. The van der Waals surface area contributed by atoms with Crippen LogP contribution in [0.1, 0.15) is 40.0 Å². The first kappa shape index (κ1) is 21.3. The van der Waals surface area contributed by atoms with E-state index in [9.17, 15) is 24.6 Å². The first-order valence-corrected chi connectivity index (χ1v) is 7.61. The average Bonchev–Trinajstić information content (AvgIpc) is 2.43. The van der Waals surface area contributed by atoms with Crippen LogP contribution in [0.3, 0.4) is 0 Å². The van der Waals surface area contributed by atoms with Crippen LogP contribution in [0.5, 0.6) is 0 Å². The second-order valence-corrected chi connectivity index (χ2v) is 6.34. The third-order valence-corrected chi connectivity index (χ3v) is 3.62. The lowest BCUT2D eigenvalue weighted by Crippen LogP contribution is -2.56. The molecule has 0 heterocycles. The zero-order valence-electron chi connectivity index (χ0n) is 14.6. The molecule has 0 aliphatic rings. The summed E-state index contributed by atoms with van der Waals surface area (Å²) in [6, 6.07) is -2.13. The predicted molar refractivity (Wildman–Crippen MR) is 85.2 cm³/mol. The minimum absolute atomic E-state index is 0.0463. The molecule has 0 saturated carbocycles. The zero-order chi connectivity index (χ0) is 18.4. The molecule has 0 fully saturated rings. The number of nitrogens with zero attached hydrogens (tertiary/aromatic N) is 2. The molecule has 0 aromatic rings. The van der Waals surface area contributed by atoms with Gasteiger partial charge in [-0.05, 0) is 20.3 Å². The summed E-state index contributed by atoms with van der Waals surface area (Å²) >= 11 is 0. The number of hydrogen-bond acceptors (Lipinski definition) is 5. The van der Waals surface area contributed by atoms with Gasteiger partial charge < -0.3 is 25.7 Å². The van der Waals surface area contributed by atoms with E-state index in [1.807, 2.05) is 6.92 Å². The van der Waals surface area contributed by atoms with E-state index in [-0.39, 0.29) is 18.7 Å². The smallest absolute Gasteiger partial charge is 0.248 e. The molecule has 2 atom stereocenters. The Bertz CT molecular complexity index is 433. The van der Waals surface area contributed by atoms with Gasteiger partial charge in [-0.25, -0.2) is 0 Å². The van der Waals surface area contributed by atoms with Crippen LogP contribution in [0.15, 0.2) is 0 Å². The predicted octanol–water partition coefficient (Wildman–Crippen LogP) is -0.921. The molecule has 0 aromatic carbocycles. The molecule has 23 heavy (non-hydrogen) atoms. The molecule has 0 rings (SSSR count). The summed E-state index contributed by atoms with van der Waals surface area (Å²) < 4.78 is 0. The average molecular weight is 331 g/mol. The molecular weight excluding hydrogens is 302 g/mol. The lowest BCUT2D eigenvalue weighted by Gasteiger charge is -2.34. The molecule has 0 aliphatic heterocycles. The lowest BCUT2D eigenvalue weighted by atomic mass is 9.97. The van der Waals surface area contributed by atoms with Gasteiger partial charge in [0.15, 0.2) is 0 Å². The van der Waals surface area contributed by atoms with Gasteiger partial charge in [0.1, 0.15) is 12.1 Å². The number of hydrogen-bond donors (Lipinski definition) is 3. The highest BCUT2D eigenvalue weighted by Crippen LogP contribution is 2.16. The summed E-state index contributed by atoms with van der Waals surface area (Å²) in [7, 11) is 2.80. The largest absolute Gasteiger partial charge is 0.394 e. The lowest BCUT2D eigenvalue weighted by molar-refractivity contribution is -0.149. The third-order valence-electron chi connectivity index (χ3n) is 3.62. The molecule has 0 unspecified atom stereocenters.